The fourth-order valence-electron chi connectivity index (χ4n) is 4.48. The Labute approximate surface area is 205 Å². The van der Waals surface area contributed by atoms with E-state index < -0.39 is 0 Å². The number of carbonyl (C=O) groups is 1. The van der Waals surface area contributed by atoms with Crippen molar-refractivity contribution in [3.8, 4) is 11.3 Å². The third-order valence-electron chi connectivity index (χ3n) is 6.49. The second-order valence-electron chi connectivity index (χ2n) is 9.23. The standard InChI is InChI=1S/C27H33FN6O/c1-18-15-26-29-19(2)24(20(3)34(26)32-18)12-13-27(35)33(4)14-7-5-6-11-23-17-25(31-30-23)21-9-8-10-22(28)16-21/h8-10,15-17H,5-7,11-14H2,1-4H3,(H,30,31). The fraction of sp³-hybridized carbons (Fsp3) is 0.407. The molecule has 3 aromatic heterocycles. The average molecular weight is 477 g/mol. The van der Waals surface area contributed by atoms with Gasteiger partial charge in [-0.2, -0.15) is 10.2 Å². The molecule has 4 rings (SSSR count). The quantitative estimate of drug-likeness (QED) is 0.327. The van der Waals surface area contributed by atoms with Crippen molar-refractivity contribution >= 4 is 11.6 Å². The molecule has 0 atom stereocenters. The second kappa shape index (κ2) is 10.8. The van der Waals surface area contributed by atoms with E-state index >= 15 is 0 Å². The number of unbranched alkanes of at least 4 members (excludes halogenated alkanes) is 2. The Morgan fingerprint density at radius 3 is 2.71 bits per heavy atom. The highest BCUT2D eigenvalue weighted by atomic mass is 19.1. The zero-order valence-electron chi connectivity index (χ0n) is 20.9. The molecule has 1 aromatic carbocycles. The molecule has 4 aromatic rings. The number of nitrogens with one attached hydrogen (secondary N) is 1. The van der Waals surface area contributed by atoms with Gasteiger partial charge >= 0.3 is 0 Å². The molecule has 3 heterocycles. The van der Waals surface area contributed by atoms with Gasteiger partial charge in [-0.1, -0.05) is 18.6 Å². The van der Waals surface area contributed by atoms with Crippen LogP contribution in [0.15, 0.2) is 36.4 Å². The minimum absolute atomic E-state index is 0.147. The van der Waals surface area contributed by atoms with Crippen molar-refractivity contribution < 1.29 is 9.18 Å². The maximum atomic E-state index is 13.4. The molecule has 0 fully saturated rings. The molecule has 0 radical (unpaired) electrons. The van der Waals surface area contributed by atoms with Crippen LogP contribution in [0.4, 0.5) is 4.39 Å². The molecule has 184 valence electrons. The van der Waals surface area contributed by atoms with Gasteiger partial charge in [0.2, 0.25) is 5.91 Å². The van der Waals surface area contributed by atoms with Gasteiger partial charge in [0.15, 0.2) is 5.65 Å². The van der Waals surface area contributed by atoms with Crippen molar-refractivity contribution in [2.24, 2.45) is 0 Å². The van der Waals surface area contributed by atoms with Gasteiger partial charge in [-0.3, -0.25) is 9.89 Å². The number of carbonyl (C=O) groups excluding carboxylic acids is 1. The summed E-state index contributed by atoms with van der Waals surface area (Å²) in [5.74, 6) is -0.115. The highest BCUT2D eigenvalue weighted by Crippen LogP contribution is 2.20. The topological polar surface area (TPSA) is 79.2 Å². The van der Waals surface area contributed by atoms with E-state index in [0.717, 1.165) is 77.5 Å². The van der Waals surface area contributed by atoms with Gasteiger partial charge in [0.25, 0.3) is 0 Å². The van der Waals surface area contributed by atoms with E-state index in [1.807, 2.05) is 55.4 Å². The van der Waals surface area contributed by atoms with Gasteiger partial charge in [0, 0.05) is 48.7 Å². The molecule has 8 heteroatoms. The van der Waals surface area contributed by atoms with E-state index in [1.165, 1.54) is 12.1 Å². The molecule has 0 aliphatic heterocycles. The number of benzene rings is 1. The van der Waals surface area contributed by atoms with Gasteiger partial charge in [-0.25, -0.2) is 13.9 Å². The number of hydrogen-bond donors (Lipinski definition) is 1. The van der Waals surface area contributed by atoms with Crippen molar-refractivity contribution in [1.82, 2.24) is 29.7 Å². The molecule has 35 heavy (non-hydrogen) atoms. The molecule has 1 amide bonds. The Hall–Kier alpha value is -3.55. The number of fused-ring (bicyclic) bond motifs is 1. The van der Waals surface area contributed by atoms with E-state index in [-0.39, 0.29) is 11.7 Å². The molecular weight excluding hydrogens is 443 g/mol. The molecule has 0 aliphatic rings. The highest BCUT2D eigenvalue weighted by Gasteiger charge is 2.15. The van der Waals surface area contributed by atoms with E-state index in [2.05, 4.69) is 20.3 Å². The first kappa shape index (κ1) is 24.6. The normalized spacial score (nSPS) is 11.3. The van der Waals surface area contributed by atoms with Crippen LogP contribution in [0.2, 0.25) is 0 Å². The Morgan fingerprint density at radius 2 is 1.91 bits per heavy atom. The third-order valence-corrected chi connectivity index (χ3v) is 6.49. The maximum absolute atomic E-state index is 13.4. The summed E-state index contributed by atoms with van der Waals surface area (Å²) in [7, 11) is 1.88. The molecule has 0 saturated carbocycles. The minimum Gasteiger partial charge on any atom is -0.346 e. The number of aromatic nitrogens is 5. The molecule has 7 nitrogen and oxygen atoms in total. The van der Waals surface area contributed by atoms with E-state index in [4.69, 9.17) is 0 Å². The minimum atomic E-state index is -0.262. The number of aromatic amines is 1. The number of aryl methyl sites for hydroxylation is 4. The first-order valence-electron chi connectivity index (χ1n) is 12.2. The van der Waals surface area contributed by atoms with Crippen LogP contribution in [0.5, 0.6) is 0 Å². The summed E-state index contributed by atoms with van der Waals surface area (Å²) in [6, 6.07) is 10.4. The van der Waals surface area contributed by atoms with Crippen molar-refractivity contribution in [2.75, 3.05) is 13.6 Å². The molecule has 0 aliphatic carbocycles. The van der Waals surface area contributed by atoms with E-state index in [0.29, 0.717) is 12.8 Å². The third kappa shape index (κ3) is 5.93. The van der Waals surface area contributed by atoms with Crippen LogP contribution in [0.1, 0.15) is 54.0 Å². The van der Waals surface area contributed by atoms with Crippen molar-refractivity contribution in [3.63, 3.8) is 0 Å². The van der Waals surface area contributed by atoms with Crippen LogP contribution < -0.4 is 0 Å². The van der Waals surface area contributed by atoms with Crippen LogP contribution in [-0.2, 0) is 17.6 Å². The summed E-state index contributed by atoms with van der Waals surface area (Å²) >= 11 is 0. The summed E-state index contributed by atoms with van der Waals surface area (Å²) in [5.41, 5.74) is 7.47. The van der Waals surface area contributed by atoms with Gasteiger partial charge in [-0.05, 0) is 70.2 Å². The van der Waals surface area contributed by atoms with Gasteiger partial charge in [0.05, 0.1) is 11.4 Å². The lowest BCUT2D eigenvalue weighted by atomic mass is 10.1. The molecule has 0 spiro atoms. The lowest BCUT2D eigenvalue weighted by molar-refractivity contribution is -0.129. The lowest BCUT2D eigenvalue weighted by Crippen LogP contribution is -2.28. The Kier molecular flexibility index (Phi) is 7.58. The number of rotatable bonds is 10. The zero-order valence-corrected chi connectivity index (χ0v) is 20.9. The largest absolute Gasteiger partial charge is 0.346 e. The summed E-state index contributed by atoms with van der Waals surface area (Å²) < 4.78 is 15.3. The van der Waals surface area contributed by atoms with Gasteiger partial charge in [0.1, 0.15) is 5.82 Å². The monoisotopic (exact) mass is 476 g/mol. The molecule has 0 unspecified atom stereocenters. The van der Waals surface area contributed by atoms with Crippen LogP contribution >= 0.6 is 0 Å². The van der Waals surface area contributed by atoms with Crippen molar-refractivity contribution in [1.29, 1.82) is 0 Å². The predicted octanol–water partition coefficient (Wildman–Crippen LogP) is 4.99. The fourth-order valence-corrected chi connectivity index (χ4v) is 4.48. The van der Waals surface area contributed by atoms with Crippen LogP contribution in [0.25, 0.3) is 16.9 Å². The van der Waals surface area contributed by atoms with Crippen LogP contribution in [-0.4, -0.2) is 49.2 Å². The Balaban J connectivity index is 1.19. The summed E-state index contributed by atoms with van der Waals surface area (Å²) in [6.45, 7) is 6.74. The summed E-state index contributed by atoms with van der Waals surface area (Å²) in [4.78, 5) is 19.2. The van der Waals surface area contributed by atoms with Crippen LogP contribution in [0.3, 0.4) is 0 Å². The SMILES string of the molecule is Cc1cc2nc(C)c(CCC(=O)N(C)CCCCCc3cc(-c4cccc(F)c4)n[nH]3)c(C)n2n1. The van der Waals surface area contributed by atoms with E-state index in [1.54, 1.807) is 6.07 Å². The molecular formula is C27H33FN6O. The molecule has 1 N–H and O–H groups in total. The Bertz CT molecular complexity index is 1320. The number of halogens is 1. The first-order valence-corrected chi connectivity index (χ1v) is 12.2. The smallest absolute Gasteiger partial charge is 0.222 e. The van der Waals surface area contributed by atoms with Crippen LogP contribution in [0, 0.1) is 26.6 Å². The molecule has 0 saturated heterocycles. The van der Waals surface area contributed by atoms with Gasteiger partial charge < -0.3 is 4.90 Å². The lowest BCUT2D eigenvalue weighted by Gasteiger charge is -2.18. The van der Waals surface area contributed by atoms with Gasteiger partial charge in [-0.15, -0.1) is 0 Å². The average Bonchev–Trinajstić information content (AvgIpc) is 3.44. The van der Waals surface area contributed by atoms with Crippen molar-refractivity contribution in [3.05, 3.63) is 70.6 Å². The van der Waals surface area contributed by atoms with E-state index in [9.17, 15) is 9.18 Å². The zero-order chi connectivity index (χ0) is 24.9. The number of H-pyrrole nitrogens is 1. The number of nitrogens with zero attached hydrogens (tertiary/aromatic N) is 5. The second-order valence-corrected chi connectivity index (χ2v) is 9.23. The summed E-state index contributed by atoms with van der Waals surface area (Å²) in [6.07, 6.45) is 4.97. The Morgan fingerprint density at radius 1 is 1.09 bits per heavy atom. The highest BCUT2D eigenvalue weighted by molar-refractivity contribution is 5.76. The number of hydrogen-bond acceptors (Lipinski definition) is 4. The molecule has 0 bridgehead atoms. The predicted molar refractivity (Wildman–Crippen MR) is 135 cm³/mol. The number of amides is 1. The maximum Gasteiger partial charge on any atom is 0.222 e. The van der Waals surface area contributed by atoms with Crippen molar-refractivity contribution in [2.45, 2.75) is 59.3 Å². The summed E-state index contributed by atoms with van der Waals surface area (Å²) in [5, 5.41) is 11.9. The first-order chi connectivity index (χ1) is 16.8.